The van der Waals surface area contributed by atoms with Crippen LogP contribution in [0.3, 0.4) is 0 Å². The van der Waals surface area contributed by atoms with Gasteiger partial charge in [0.2, 0.25) is 5.95 Å². The maximum absolute atomic E-state index is 5.43. The number of pyridine rings is 1. The van der Waals surface area contributed by atoms with Gasteiger partial charge in [-0.15, -0.1) is 0 Å². The summed E-state index contributed by atoms with van der Waals surface area (Å²) in [6, 6.07) is 5.92. The molecule has 0 aromatic carbocycles. The molecule has 0 bridgehead atoms. The Kier molecular flexibility index (Phi) is 5.20. The van der Waals surface area contributed by atoms with Crippen molar-refractivity contribution in [2.75, 3.05) is 36.5 Å². The highest BCUT2D eigenvalue weighted by Crippen LogP contribution is 2.18. The summed E-state index contributed by atoms with van der Waals surface area (Å²) in [5.74, 6) is 2.31. The Labute approximate surface area is 157 Å². The quantitative estimate of drug-likeness (QED) is 0.701. The molecule has 1 saturated heterocycles. The molecule has 140 valence electrons. The van der Waals surface area contributed by atoms with Crippen molar-refractivity contribution in [1.29, 1.82) is 0 Å². The Balaban J connectivity index is 1.55. The van der Waals surface area contributed by atoms with E-state index in [4.69, 9.17) is 9.72 Å². The van der Waals surface area contributed by atoms with Crippen LogP contribution in [0.1, 0.15) is 18.2 Å². The van der Waals surface area contributed by atoms with Crippen molar-refractivity contribution in [2.24, 2.45) is 0 Å². The van der Waals surface area contributed by atoms with Gasteiger partial charge < -0.3 is 15.0 Å². The highest BCUT2D eigenvalue weighted by molar-refractivity contribution is 5.45. The molecule has 0 saturated carbocycles. The van der Waals surface area contributed by atoms with Crippen LogP contribution >= 0.6 is 0 Å². The lowest BCUT2D eigenvalue weighted by Crippen LogP contribution is -2.37. The Morgan fingerprint density at radius 1 is 1.22 bits per heavy atom. The van der Waals surface area contributed by atoms with Crippen molar-refractivity contribution < 1.29 is 4.74 Å². The van der Waals surface area contributed by atoms with Gasteiger partial charge in [0.25, 0.3) is 0 Å². The van der Waals surface area contributed by atoms with Crippen molar-refractivity contribution in [3.63, 3.8) is 0 Å². The van der Waals surface area contributed by atoms with Crippen LogP contribution in [-0.4, -0.2) is 56.0 Å². The van der Waals surface area contributed by atoms with Crippen LogP contribution in [0.15, 0.2) is 37.1 Å². The summed E-state index contributed by atoms with van der Waals surface area (Å²) in [5, 5.41) is 7.58. The molecule has 0 radical (unpaired) electrons. The molecule has 0 spiro atoms. The number of aromatic nitrogens is 6. The molecule has 27 heavy (non-hydrogen) atoms. The molecular weight excluding hydrogens is 344 g/mol. The van der Waals surface area contributed by atoms with Gasteiger partial charge in [0.1, 0.15) is 18.5 Å². The van der Waals surface area contributed by atoms with E-state index in [0.29, 0.717) is 19.8 Å². The first-order chi connectivity index (χ1) is 13.3. The van der Waals surface area contributed by atoms with E-state index in [1.165, 1.54) is 6.33 Å². The molecular formula is C18H22N8O. The summed E-state index contributed by atoms with van der Waals surface area (Å²) in [6.07, 6.45) is 5.74. The number of aryl methyl sites for hydroxylation is 1. The molecule has 4 rings (SSSR count). The molecule has 1 N–H and O–H groups in total. The fourth-order valence-electron chi connectivity index (χ4n) is 2.94. The molecule has 1 fully saturated rings. The predicted molar refractivity (Wildman–Crippen MR) is 101 cm³/mol. The number of nitrogens with one attached hydrogen (secondary N) is 1. The monoisotopic (exact) mass is 366 g/mol. The van der Waals surface area contributed by atoms with E-state index in [2.05, 4.69) is 37.2 Å². The van der Waals surface area contributed by atoms with Gasteiger partial charge in [-0.3, -0.25) is 0 Å². The van der Waals surface area contributed by atoms with Crippen molar-refractivity contribution in [3.05, 3.63) is 48.3 Å². The Morgan fingerprint density at radius 3 is 2.89 bits per heavy atom. The SMILES string of the molecule is CCc1cc(NCc2cccnc2-n2cncn2)nc(N2CCOCC2)n1. The third-order valence-electron chi connectivity index (χ3n) is 4.39. The fraction of sp³-hybridized carbons (Fsp3) is 0.389. The normalized spacial score (nSPS) is 14.3. The molecule has 4 heterocycles. The summed E-state index contributed by atoms with van der Waals surface area (Å²) in [5.41, 5.74) is 2.02. The van der Waals surface area contributed by atoms with Crippen molar-refractivity contribution in [2.45, 2.75) is 19.9 Å². The minimum Gasteiger partial charge on any atom is -0.378 e. The Bertz CT molecular complexity index is 877. The van der Waals surface area contributed by atoms with E-state index in [0.717, 1.165) is 48.4 Å². The Morgan fingerprint density at radius 2 is 2.11 bits per heavy atom. The molecule has 1 aliphatic heterocycles. The number of anilines is 2. The standard InChI is InChI=1S/C18H22N8O/c1-2-15-10-16(24-18(23-15)25-6-8-27-9-7-25)21-11-14-4-3-5-20-17(14)26-13-19-12-22-26/h3-5,10,12-13H,2,6-9,11H2,1H3,(H,21,23,24). The van der Waals surface area contributed by atoms with Gasteiger partial charge in [-0.1, -0.05) is 13.0 Å². The number of hydrogen-bond acceptors (Lipinski definition) is 8. The molecule has 9 nitrogen and oxygen atoms in total. The minimum absolute atomic E-state index is 0.575. The van der Waals surface area contributed by atoms with Gasteiger partial charge in [-0.2, -0.15) is 10.1 Å². The zero-order chi connectivity index (χ0) is 18.5. The molecule has 9 heteroatoms. The first kappa shape index (κ1) is 17.3. The third-order valence-corrected chi connectivity index (χ3v) is 4.39. The fourth-order valence-corrected chi connectivity index (χ4v) is 2.94. The maximum Gasteiger partial charge on any atom is 0.227 e. The van der Waals surface area contributed by atoms with Gasteiger partial charge in [-0.05, 0) is 12.5 Å². The van der Waals surface area contributed by atoms with E-state index in [1.807, 2.05) is 18.2 Å². The third kappa shape index (κ3) is 4.03. The lowest BCUT2D eigenvalue weighted by Gasteiger charge is -2.27. The van der Waals surface area contributed by atoms with Crippen molar-refractivity contribution >= 4 is 11.8 Å². The number of rotatable bonds is 6. The van der Waals surface area contributed by atoms with E-state index in [1.54, 1.807) is 17.2 Å². The maximum atomic E-state index is 5.43. The summed E-state index contributed by atoms with van der Waals surface area (Å²) < 4.78 is 7.09. The van der Waals surface area contributed by atoms with Crippen molar-refractivity contribution in [3.8, 4) is 5.82 Å². The second kappa shape index (κ2) is 8.09. The van der Waals surface area contributed by atoms with Gasteiger partial charge in [-0.25, -0.2) is 19.6 Å². The summed E-state index contributed by atoms with van der Waals surface area (Å²) in [6.45, 7) is 5.71. The summed E-state index contributed by atoms with van der Waals surface area (Å²) in [7, 11) is 0. The number of hydrogen-bond donors (Lipinski definition) is 1. The summed E-state index contributed by atoms with van der Waals surface area (Å²) in [4.78, 5) is 20.0. The van der Waals surface area contributed by atoms with E-state index < -0.39 is 0 Å². The van der Waals surface area contributed by atoms with Crippen LogP contribution in [-0.2, 0) is 17.7 Å². The van der Waals surface area contributed by atoms with Gasteiger partial charge in [0.05, 0.1) is 13.2 Å². The minimum atomic E-state index is 0.575. The van der Waals surface area contributed by atoms with E-state index >= 15 is 0 Å². The molecule has 0 amide bonds. The molecule has 1 aliphatic rings. The zero-order valence-electron chi connectivity index (χ0n) is 15.2. The van der Waals surface area contributed by atoms with Crippen LogP contribution in [0.25, 0.3) is 5.82 Å². The number of nitrogens with zero attached hydrogens (tertiary/aromatic N) is 7. The average molecular weight is 366 g/mol. The van der Waals surface area contributed by atoms with Crippen LogP contribution in [0, 0.1) is 0 Å². The van der Waals surface area contributed by atoms with Gasteiger partial charge in [0.15, 0.2) is 5.82 Å². The molecule has 0 unspecified atom stereocenters. The number of ether oxygens (including phenoxy) is 1. The highest BCUT2D eigenvalue weighted by Gasteiger charge is 2.15. The topological polar surface area (TPSA) is 93.9 Å². The molecule has 3 aromatic heterocycles. The second-order valence-corrected chi connectivity index (χ2v) is 6.18. The average Bonchev–Trinajstić information content (AvgIpc) is 3.27. The lowest BCUT2D eigenvalue weighted by atomic mass is 10.2. The second-order valence-electron chi connectivity index (χ2n) is 6.18. The highest BCUT2D eigenvalue weighted by atomic mass is 16.5. The van der Waals surface area contributed by atoms with E-state index in [9.17, 15) is 0 Å². The Hall–Kier alpha value is -3.07. The van der Waals surface area contributed by atoms with Crippen LogP contribution in [0.2, 0.25) is 0 Å². The largest absolute Gasteiger partial charge is 0.378 e. The smallest absolute Gasteiger partial charge is 0.227 e. The van der Waals surface area contributed by atoms with Crippen LogP contribution in [0.5, 0.6) is 0 Å². The molecule has 3 aromatic rings. The van der Waals surface area contributed by atoms with Crippen LogP contribution in [0.4, 0.5) is 11.8 Å². The number of morpholine rings is 1. The predicted octanol–water partition coefficient (Wildman–Crippen LogP) is 1.46. The van der Waals surface area contributed by atoms with Crippen molar-refractivity contribution in [1.82, 2.24) is 29.7 Å². The van der Waals surface area contributed by atoms with Crippen LogP contribution < -0.4 is 10.2 Å². The first-order valence-electron chi connectivity index (χ1n) is 9.07. The van der Waals surface area contributed by atoms with E-state index in [-0.39, 0.29) is 0 Å². The van der Waals surface area contributed by atoms with Gasteiger partial charge in [0, 0.05) is 43.2 Å². The summed E-state index contributed by atoms with van der Waals surface area (Å²) >= 11 is 0. The zero-order valence-corrected chi connectivity index (χ0v) is 15.2. The molecule has 0 aliphatic carbocycles. The van der Waals surface area contributed by atoms with Gasteiger partial charge >= 0.3 is 0 Å². The lowest BCUT2D eigenvalue weighted by molar-refractivity contribution is 0.122. The molecule has 0 atom stereocenters. The first-order valence-corrected chi connectivity index (χ1v) is 9.07.